The zero-order chi connectivity index (χ0) is 16.7. The Morgan fingerprint density at radius 3 is 2.96 bits per heavy atom. The van der Waals surface area contributed by atoms with Crippen LogP contribution in [0.5, 0.6) is 0 Å². The molecule has 6 nitrogen and oxygen atoms in total. The highest BCUT2D eigenvalue weighted by Crippen LogP contribution is 2.31. The maximum Gasteiger partial charge on any atom is 0.238 e. The van der Waals surface area contributed by atoms with Gasteiger partial charge in [-0.05, 0) is 41.6 Å². The molecule has 1 aliphatic rings. The van der Waals surface area contributed by atoms with Gasteiger partial charge in [0.25, 0.3) is 0 Å². The third-order valence-electron chi connectivity index (χ3n) is 4.01. The fourth-order valence-corrected chi connectivity index (χ4v) is 4.10. The molecule has 8 heteroatoms. The van der Waals surface area contributed by atoms with Crippen LogP contribution in [-0.2, 0) is 23.0 Å². The quantitative estimate of drug-likeness (QED) is 0.771. The molecule has 0 aliphatic carbocycles. The van der Waals surface area contributed by atoms with E-state index in [9.17, 15) is 8.42 Å². The summed E-state index contributed by atoms with van der Waals surface area (Å²) in [5.74, 6) is 0.629. The van der Waals surface area contributed by atoms with Crippen molar-refractivity contribution in [2.24, 2.45) is 5.14 Å². The van der Waals surface area contributed by atoms with Gasteiger partial charge in [-0.15, -0.1) is 11.3 Å². The van der Waals surface area contributed by atoms with Crippen LogP contribution in [0.4, 0.5) is 5.69 Å². The normalized spacial score (nSPS) is 14.1. The number of oxazole rings is 1. The van der Waals surface area contributed by atoms with Crippen LogP contribution in [0.15, 0.2) is 51.3 Å². The highest BCUT2D eigenvalue weighted by atomic mass is 32.2. The smallest absolute Gasteiger partial charge is 0.238 e. The van der Waals surface area contributed by atoms with Gasteiger partial charge in [-0.1, -0.05) is 6.07 Å². The largest absolute Gasteiger partial charge is 0.443 e. The van der Waals surface area contributed by atoms with Crippen molar-refractivity contribution in [3.8, 4) is 10.8 Å². The van der Waals surface area contributed by atoms with Crippen molar-refractivity contribution in [1.82, 2.24) is 4.98 Å². The lowest BCUT2D eigenvalue weighted by atomic mass is 10.2. The number of primary sulfonamides is 1. The first-order valence-corrected chi connectivity index (χ1v) is 9.82. The summed E-state index contributed by atoms with van der Waals surface area (Å²) in [5, 5.41) is 7.18. The Balaban J connectivity index is 1.56. The fraction of sp³-hybridized carbons (Fsp3) is 0.188. The number of rotatable bonds is 4. The second kappa shape index (κ2) is 5.73. The highest BCUT2D eigenvalue weighted by molar-refractivity contribution is 7.89. The van der Waals surface area contributed by atoms with E-state index in [0.29, 0.717) is 12.4 Å². The van der Waals surface area contributed by atoms with E-state index < -0.39 is 10.0 Å². The van der Waals surface area contributed by atoms with E-state index >= 15 is 0 Å². The fourth-order valence-electron chi connectivity index (χ4n) is 2.88. The lowest BCUT2D eigenvalue weighted by Crippen LogP contribution is -2.19. The van der Waals surface area contributed by atoms with Gasteiger partial charge in [-0.2, -0.15) is 0 Å². The summed E-state index contributed by atoms with van der Waals surface area (Å²) in [6, 6.07) is 8.95. The monoisotopic (exact) mass is 361 g/mol. The second-order valence-corrected chi connectivity index (χ2v) is 8.14. The lowest BCUT2D eigenvalue weighted by molar-refractivity contribution is 0.573. The van der Waals surface area contributed by atoms with Gasteiger partial charge in [-0.25, -0.2) is 18.5 Å². The zero-order valence-electron chi connectivity index (χ0n) is 12.7. The molecule has 24 heavy (non-hydrogen) atoms. The number of nitrogens with two attached hydrogens (primary N) is 1. The minimum absolute atomic E-state index is 0.157. The van der Waals surface area contributed by atoms with Crippen molar-refractivity contribution in [3.63, 3.8) is 0 Å². The van der Waals surface area contributed by atoms with Crippen molar-refractivity contribution in [1.29, 1.82) is 0 Å². The summed E-state index contributed by atoms with van der Waals surface area (Å²) in [6.07, 6.45) is 2.46. The minimum atomic E-state index is -3.67. The van der Waals surface area contributed by atoms with E-state index in [1.54, 1.807) is 29.7 Å². The van der Waals surface area contributed by atoms with Crippen LogP contribution in [0.2, 0.25) is 0 Å². The molecule has 0 atom stereocenters. The third kappa shape index (κ3) is 2.83. The van der Waals surface area contributed by atoms with Crippen molar-refractivity contribution >= 4 is 27.0 Å². The number of fused-ring (bicyclic) bond motifs is 1. The molecule has 0 saturated heterocycles. The second-order valence-electron chi connectivity index (χ2n) is 5.63. The van der Waals surface area contributed by atoms with Crippen LogP contribution in [0, 0.1) is 0 Å². The van der Waals surface area contributed by atoms with Gasteiger partial charge in [0.05, 0.1) is 22.0 Å². The summed E-state index contributed by atoms with van der Waals surface area (Å²) >= 11 is 1.59. The van der Waals surface area contributed by atoms with E-state index in [1.807, 2.05) is 23.6 Å². The first-order valence-electron chi connectivity index (χ1n) is 7.40. The molecule has 0 fully saturated rings. The summed E-state index contributed by atoms with van der Waals surface area (Å²) in [5.41, 5.74) is 2.85. The number of hydrogen-bond acceptors (Lipinski definition) is 6. The van der Waals surface area contributed by atoms with Crippen molar-refractivity contribution in [2.75, 3.05) is 11.4 Å². The molecule has 1 aliphatic heterocycles. The topological polar surface area (TPSA) is 89.4 Å². The van der Waals surface area contributed by atoms with Crippen molar-refractivity contribution in [3.05, 3.63) is 53.2 Å². The Kier molecular flexibility index (Phi) is 3.67. The first kappa shape index (κ1) is 15.4. The molecule has 3 heterocycles. The molecule has 2 N–H and O–H groups in total. The molecule has 0 saturated carbocycles. The highest BCUT2D eigenvalue weighted by Gasteiger charge is 2.22. The van der Waals surface area contributed by atoms with Crippen LogP contribution in [0.25, 0.3) is 10.8 Å². The number of benzene rings is 1. The Morgan fingerprint density at radius 2 is 2.21 bits per heavy atom. The Morgan fingerprint density at radius 1 is 1.33 bits per heavy atom. The van der Waals surface area contributed by atoms with E-state index in [-0.39, 0.29) is 4.90 Å². The van der Waals surface area contributed by atoms with Crippen LogP contribution in [-0.4, -0.2) is 19.9 Å². The summed E-state index contributed by atoms with van der Waals surface area (Å²) < 4.78 is 28.5. The van der Waals surface area contributed by atoms with Gasteiger partial charge in [-0.3, -0.25) is 0 Å². The maximum absolute atomic E-state index is 11.5. The lowest BCUT2D eigenvalue weighted by Gasteiger charge is -2.17. The molecule has 1 aromatic carbocycles. The van der Waals surface area contributed by atoms with Gasteiger partial charge in [0.1, 0.15) is 6.26 Å². The Hall–Kier alpha value is -2.16. The molecule has 4 rings (SSSR count). The molecule has 124 valence electrons. The summed E-state index contributed by atoms with van der Waals surface area (Å²) in [7, 11) is -3.67. The molecule has 3 aromatic rings. The predicted octanol–water partition coefficient (Wildman–Crippen LogP) is 2.61. The summed E-state index contributed by atoms with van der Waals surface area (Å²) in [4.78, 5) is 7.85. The van der Waals surface area contributed by atoms with Crippen LogP contribution in [0.3, 0.4) is 0 Å². The van der Waals surface area contributed by atoms with Gasteiger partial charge in [0, 0.05) is 12.2 Å². The zero-order valence-corrected chi connectivity index (χ0v) is 14.3. The summed E-state index contributed by atoms with van der Waals surface area (Å²) in [6.45, 7) is 1.43. The molecule has 0 amide bonds. The molecule has 0 bridgehead atoms. The molecular formula is C16H15N3O3S2. The van der Waals surface area contributed by atoms with E-state index in [4.69, 9.17) is 9.56 Å². The van der Waals surface area contributed by atoms with Gasteiger partial charge >= 0.3 is 0 Å². The number of aromatic nitrogens is 1. The van der Waals surface area contributed by atoms with Crippen molar-refractivity contribution in [2.45, 2.75) is 17.9 Å². The molecule has 0 spiro atoms. The minimum Gasteiger partial charge on any atom is -0.443 e. The number of nitrogens with zero attached hydrogens (tertiary/aromatic N) is 2. The molecular weight excluding hydrogens is 346 g/mol. The number of anilines is 1. The van der Waals surface area contributed by atoms with Gasteiger partial charge in [0.15, 0.2) is 0 Å². The Labute approximate surface area is 143 Å². The molecule has 0 radical (unpaired) electrons. The number of thiophene rings is 1. The van der Waals surface area contributed by atoms with E-state index in [2.05, 4.69) is 9.88 Å². The van der Waals surface area contributed by atoms with Crippen molar-refractivity contribution < 1.29 is 12.8 Å². The average Bonchev–Trinajstić information content (AvgIpc) is 3.26. The van der Waals surface area contributed by atoms with Crippen LogP contribution < -0.4 is 10.0 Å². The van der Waals surface area contributed by atoms with E-state index in [0.717, 1.165) is 34.8 Å². The SMILES string of the molecule is NS(=O)(=O)c1ccc2c(c1)CCN2Cc1coc(-c2cccs2)n1. The third-order valence-corrected chi connectivity index (χ3v) is 5.78. The standard InChI is InChI=1S/C16H15N3O3S2/c17-24(20,21)13-3-4-14-11(8-13)5-6-19(14)9-12-10-22-16(18-12)15-2-1-7-23-15/h1-4,7-8,10H,5-6,9H2,(H2,17,20,21). The Bertz CT molecular complexity index is 978. The predicted molar refractivity (Wildman–Crippen MR) is 92.4 cm³/mol. The van der Waals surface area contributed by atoms with Crippen LogP contribution in [0.1, 0.15) is 11.3 Å². The number of sulfonamides is 1. The van der Waals surface area contributed by atoms with Crippen LogP contribution >= 0.6 is 11.3 Å². The maximum atomic E-state index is 11.5. The molecule has 0 unspecified atom stereocenters. The van der Waals surface area contributed by atoms with Gasteiger partial charge in [0.2, 0.25) is 15.9 Å². The average molecular weight is 361 g/mol. The molecule has 2 aromatic heterocycles. The van der Waals surface area contributed by atoms with E-state index in [1.165, 1.54) is 0 Å². The van der Waals surface area contributed by atoms with Gasteiger partial charge < -0.3 is 9.32 Å². The number of hydrogen-bond donors (Lipinski definition) is 1. The first-order chi connectivity index (χ1) is 11.5.